The van der Waals surface area contributed by atoms with Crippen molar-refractivity contribution in [1.82, 2.24) is 10.1 Å². The molecule has 0 spiro atoms. The molecule has 2 fully saturated rings. The Hall–Kier alpha value is -0.810. The number of nitrogens with zero attached hydrogens (tertiary/aromatic N) is 2. The standard InChI is InChI=1S/C15H15Cl2N3O.ClH/c16-11-4-1-3-8(12(11)17)9-7-10(9)13-19-14(20-21-13)15(18)5-2-6-15;/h1,3-4,9-10H,2,5-7,18H2;1H. The Bertz CT molecular complexity index is 699. The fourth-order valence-electron chi connectivity index (χ4n) is 2.99. The van der Waals surface area contributed by atoms with Crippen LogP contribution in [0.25, 0.3) is 0 Å². The number of hydrogen-bond acceptors (Lipinski definition) is 4. The Morgan fingerprint density at radius 2 is 2.00 bits per heavy atom. The molecule has 118 valence electrons. The fourth-order valence-corrected chi connectivity index (χ4v) is 3.44. The van der Waals surface area contributed by atoms with E-state index in [0.29, 0.717) is 27.7 Å². The lowest BCUT2D eigenvalue weighted by atomic mass is 9.77. The first-order valence-electron chi connectivity index (χ1n) is 7.15. The lowest BCUT2D eigenvalue weighted by molar-refractivity contribution is 0.229. The lowest BCUT2D eigenvalue weighted by Gasteiger charge is -2.34. The van der Waals surface area contributed by atoms with E-state index in [1.54, 1.807) is 6.07 Å². The van der Waals surface area contributed by atoms with Crippen molar-refractivity contribution >= 4 is 35.6 Å². The normalized spacial score (nSPS) is 25.2. The summed E-state index contributed by atoms with van der Waals surface area (Å²) in [6, 6.07) is 5.72. The molecule has 7 heteroatoms. The predicted molar refractivity (Wildman–Crippen MR) is 87.8 cm³/mol. The van der Waals surface area contributed by atoms with Crippen LogP contribution in [0.5, 0.6) is 0 Å². The van der Waals surface area contributed by atoms with Crippen LogP contribution < -0.4 is 5.73 Å². The molecule has 2 aromatic rings. The van der Waals surface area contributed by atoms with E-state index in [1.165, 1.54) is 0 Å². The Labute approximate surface area is 144 Å². The zero-order valence-corrected chi connectivity index (χ0v) is 14.1. The third kappa shape index (κ3) is 2.52. The monoisotopic (exact) mass is 359 g/mol. The quantitative estimate of drug-likeness (QED) is 0.880. The highest BCUT2D eigenvalue weighted by molar-refractivity contribution is 6.42. The SMILES string of the molecule is Cl.NC1(c2noc(C3CC3c3cccc(Cl)c3Cl)n2)CCC1. The maximum absolute atomic E-state index is 6.27. The number of nitrogens with two attached hydrogens (primary N) is 1. The molecule has 0 amide bonds. The van der Waals surface area contributed by atoms with E-state index in [0.717, 1.165) is 31.2 Å². The van der Waals surface area contributed by atoms with Crippen molar-refractivity contribution in [2.24, 2.45) is 5.73 Å². The second-order valence-electron chi connectivity index (χ2n) is 6.06. The molecule has 2 N–H and O–H groups in total. The second-order valence-corrected chi connectivity index (χ2v) is 6.84. The van der Waals surface area contributed by atoms with E-state index in [1.807, 2.05) is 12.1 Å². The van der Waals surface area contributed by atoms with Crippen LogP contribution in [-0.2, 0) is 5.54 Å². The van der Waals surface area contributed by atoms with E-state index in [2.05, 4.69) is 10.1 Å². The Kier molecular flexibility index (Phi) is 4.14. The summed E-state index contributed by atoms with van der Waals surface area (Å²) < 4.78 is 5.42. The zero-order valence-electron chi connectivity index (χ0n) is 11.8. The summed E-state index contributed by atoms with van der Waals surface area (Å²) in [5.74, 6) is 1.85. The molecule has 2 aliphatic carbocycles. The van der Waals surface area contributed by atoms with Gasteiger partial charge in [0.2, 0.25) is 5.89 Å². The zero-order chi connectivity index (χ0) is 14.6. The van der Waals surface area contributed by atoms with Crippen LogP contribution in [0, 0.1) is 0 Å². The average molecular weight is 361 g/mol. The smallest absolute Gasteiger partial charge is 0.230 e. The molecule has 4 nitrogen and oxygen atoms in total. The first-order chi connectivity index (χ1) is 10.1. The molecule has 2 unspecified atom stereocenters. The van der Waals surface area contributed by atoms with Crippen molar-refractivity contribution in [3.05, 3.63) is 45.5 Å². The van der Waals surface area contributed by atoms with Crippen LogP contribution in [0.1, 0.15) is 54.8 Å². The summed E-state index contributed by atoms with van der Waals surface area (Å²) in [4.78, 5) is 4.52. The van der Waals surface area contributed by atoms with Gasteiger partial charge in [-0.15, -0.1) is 12.4 Å². The third-order valence-corrected chi connectivity index (χ3v) is 5.45. The minimum atomic E-state index is -0.375. The molecule has 1 aromatic heterocycles. The number of benzene rings is 1. The summed E-state index contributed by atoms with van der Waals surface area (Å²) in [7, 11) is 0. The molecular formula is C15H16Cl3N3O. The molecular weight excluding hydrogens is 345 g/mol. The number of rotatable bonds is 3. The predicted octanol–water partition coefficient (Wildman–Crippen LogP) is 4.41. The molecule has 2 aliphatic rings. The van der Waals surface area contributed by atoms with Crippen molar-refractivity contribution in [2.45, 2.75) is 43.1 Å². The Balaban J connectivity index is 0.00000144. The summed E-state index contributed by atoms with van der Waals surface area (Å²) in [5, 5.41) is 5.28. The summed E-state index contributed by atoms with van der Waals surface area (Å²) >= 11 is 12.3. The van der Waals surface area contributed by atoms with Gasteiger partial charge in [-0.3, -0.25) is 0 Å². The van der Waals surface area contributed by atoms with Crippen LogP contribution >= 0.6 is 35.6 Å². The van der Waals surface area contributed by atoms with Gasteiger partial charge in [-0.1, -0.05) is 40.5 Å². The summed E-state index contributed by atoms with van der Waals surface area (Å²) in [6.07, 6.45) is 3.95. The maximum atomic E-state index is 6.27. The Morgan fingerprint density at radius 1 is 1.23 bits per heavy atom. The minimum Gasteiger partial charge on any atom is -0.339 e. The summed E-state index contributed by atoms with van der Waals surface area (Å²) in [6.45, 7) is 0. The first kappa shape index (κ1) is 16.1. The maximum Gasteiger partial charge on any atom is 0.230 e. The van der Waals surface area contributed by atoms with E-state index < -0.39 is 0 Å². The molecule has 2 saturated carbocycles. The van der Waals surface area contributed by atoms with Gasteiger partial charge in [-0.2, -0.15) is 4.98 Å². The number of halogens is 3. The van der Waals surface area contributed by atoms with E-state index in [4.69, 9.17) is 33.5 Å². The van der Waals surface area contributed by atoms with Gasteiger partial charge in [-0.05, 0) is 43.2 Å². The molecule has 1 aromatic carbocycles. The second kappa shape index (κ2) is 5.68. The van der Waals surface area contributed by atoms with Crippen molar-refractivity contribution in [2.75, 3.05) is 0 Å². The minimum absolute atomic E-state index is 0. The van der Waals surface area contributed by atoms with Crippen molar-refractivity contribution < 1.29 is 4.52 Å². The lowest BCUT2D eigenvalue weighted by Crippen LogP contribution is -2.44. The van der Waals surface area contributed by atoms with E-state index in [-0.39, 0.29) is 23.9 Å². The van der Waals surface area contributed by atoms with Gasteiger partial charge in [0.1, 0.15) is 0 Å². The average Bonchev–Trinajstić information content (AvgIpc) is 3.07. The van der Waals surface area contributed by atoms with E-state index in [9.17, 15) is 0 Å². The molecule has 22 heavy (non-hydrogen) atoms. The summed E-state index contributed by atoms with van der Waals surface area (Å²) in [5.41, 5.74) is 6.90. The van der Waals surface area contributed by atoms with E-state index >= 15 is 0 Å². The molecule has 0 radical (unpaired) electrons. The molecule has 0 bridgehead atoms. The molecule has 0 aliphatic heterocycles. The highest BCUT2D eigenvalue weighted by atomic mass is 35.5. The highest BCUT2D eigenvalue weighted by Gasteiger charge is 2.46. The van der Waals surface area contributed by atoms with Crippen LogP contribution in [-0.4, -0.2) is 10.1 Å². The third-order valence-electron chi connectivity index (χ3n) is 4.62. The van der Waals surface area contributed by atoms with Gasteiger partial charge in [0.05, 0.1) is 15.6 Å². The van der Waals surface area contributed by atoms with Gasteiger partial charge in [-0.25, -0.2) is 0 Å². The molecule has 4 rings (SSSR count). The highest BCUT2D eigenvalue weighted by Crippen LogP contribution is 2.56. The number of hydrogen-bond donors (Lipinski definition) is 1. The van der Waals surface area contributed by atoms with Crippen LogP contribution in [0.15, 0.2) is 22.7 Å². The van der Waals surface area contributed by atoms with Gasteiger partial charge >= 0.3 is 0 Å². The fraction of sp³-hybridized carbons (Fsp3) is 0.467. The molecule has 1 heterocycles. The molecule has 0 saturated heterocycles. The van der Waals surface area contributed by atoms with Gasteiger partial charge in [0.25, 0.3) is 0 Å². The van der Waals surface area contributed by atoms with Gasteiger partial charge < -0.3 is 10.3 Å². The van der Waals surface area contributed by atoms with Gasteiger partial charge in [0.15, 0.2) is 5.82 Å². The van der Waals surface area contributed by atoms with Crippen LogP contribution in [0.3, 0.4) is 0 Å². The van der Waals surface area contributed by atoms with Crippen molar-refractivity contribution in [3.8, 4) is 0 Å². The van der Waals surface area contributed by atoms with Crippen LogP contribution in [0.2, 0.25) is 10.0 Å². The van der Waals surface area contributed by atoms with Crippen molar-refractivity contribution in [1.29, 1.82) is 0 Å². The van der Waals surface area contributed by atoms with Crippen LogP contribution in [0.4, 0.5) is 0 Å². The Morgan fingerprint density at radius 3 is 2.68 bits per heavy atom. The first-order valence-corrected chi connectivity index (χ1v) is 7.91. The molecule has 2 atom stereocenters. The van der Waals surface area contributed by atoms with Gasteiger partial charge in [0, 0.05) is 5.92 Å². The largest absolute Gasteiger partial charge is 0.339 e. The number of aromatic nitrogens is 2. The van der Waals surface area contributed by atoms with Crippen molar-refractivity contribution in [3.63, 3.8) is 0 Å². The topological polar surface area (TPSA) is 64.9 Å².